The van der Waals surface area contributed by atoms with E-state index in [0.29, 0.717) is 34.9 Å². The lowest BCUT2D eigenvalue weighted by atomic mass is 9.99. The van der Waals surface area contributed by atoms with Crippen molar-refractivity contribution in [2.24, 2.45) is 0 Å². The molecule has 1 unspecified atom stereocenters. The molecule has 1 fully saturated rings. The lowest BCUT2D eigenvalue weighted by Gasteiger charge is -2.23. The summed E-state index contributed by atoms with van der Waals surface area (Å²) in [4.78, 5) is 27.2. The van der Waals surface area contributed by atoms with Crippen molar-refractivity contribution < 1.29 is 23.8 Å². The van der Waals surface area contributed by atoms with E-state index in [0.717, 1.165) is 0 Å². The highest BCUT2D eigenvalue weighted by Crippen LogP contribution is 2.42. The van der Waals surface area contributed by atoms with Crippen molar-refractivity contribution in [1.29, 1.82) is 5.26 Å². The van der Waals surface area contributed by atoms with Gasteiger partial charge in [0.25, 0.3) is 11.7 Å². The number of ether oxygens (including phenoxy) is 1. The van der Waals surface area contributed by atoms with Gasteiger partial charge in [0.15, 0.2) is 0 Å². The second-order valence-electron chi connectivity index (χ2n) is 6.80. The average molecular weight is 414 g/mol. The summed E-state index contributed by atoms with van der Waals surface area (Å²) in [6.07, 6.45) is 1.44. The standard InChI is InChI=1S/C24H18N2O5/c1-2-30-18-11-7-16(8-12-18)22(27)20-21(19-4-3-13-31-19)26(24(29)23(20)28)17-9-5-15(14-25)6-10-17/h3-13,21,27H,2H2,1H3/b22-20-. The molecule has 1 aliphatic heterocycles. The molecule has 0 radical (unpaired) electrons. The van der Waals surface area contributed by atoms with Crippen molar-refractivity contribution >= 4 is 23.1 Å². The molecule has 0 bridgehead atoms. The first-order valence-electron chi connectivity index (χ1n) is 9.63. The van der Waals surface area contributed by atoms with Gasteiger partial charge in [-0.1, -0.05) is 0 Å². The average Bonchev–Trinajstić information content (AvgIpc) is 3.41. The smallest absolute Gasteiger partial charge is 0.300 e. The summed E-state index contributed by atoms with van der Waals surface area (Å²) < 4.78 is 10.9. The number of furan rings is 1. The number of hydrogen-bond donors (Lipinski definition) is 1. The zero-order chi connectivity index (χ0) is 22.0. The van der Waals surface area contributed by atoms with Crippen LogP contribution in [0.5, 0.6) is 5.75 Å². The highest BCUT2D eigenvalue weighted by molar-refractivity contribution is 6.51. The summed E-state index contributed by atoms with van der Waals surface area (Å²) in [7, 11) is 0. The van der Waals surface area contributed by atoms with Gasteiger partial charge in [0.2, 0.25) is 0 Å². The molecule has 1 aromatic heterocycles. The molecular weight excluding hydrogens is 396 g/mol. The molecule has 1 N–H and O–H groups in total. The first kappa shape index (κ1) is 20.0. The van der Waals surface area contributed by atoms with Crippen LogP contribution in [0.3, 0.4) is 0 Å². The summed E-state index contributed by atoms with van der Waals surface area (Å²) in [5.41, 5.74) is 1.13. The summed E-state index contributed by atoms with van der Waals surface area (Å²) in [5, 5.41) is 20.0. The van der Waals surface area contributed by atoms with Crippen LogP contribution >= 0.6 is 0 Å². The molecule has 7 nitrogen and oxygen atoms in total. The second-order valence-corrected chi connectivity index (χ2v) is 6.80. The number of carbonyl (C=O) groups excluding carboxylic acids is 2. The molecule has 4 rings (SSSR count). The molecule has 1 saturated heterocycles. The third-order valence-electron chi connectivity index (χ3n) is 4.97. The van der Waals surface area contributed by atoms with Gasteiger partial charge in [0.05, 0.1) is 30.1 Å². The van der Waals surface area contributed by atoms with Crippen molar-refractivity contribution in [3.05, 3.63) is 89.4 Å². The highest BCUT2D eigenvalue weighted by atomic mass is 16.5. The van der Waals surface area contributed by atoms with Crippen LogP contribution in [0.15, 0.2) is 76.9 Å². The van der Waals surface area contributed by atoms with E-state index in [1.54, 1.807) is 60.7 Å². The number of hydrogen-bond acceptors (Lipinski definition) is 6. The van der Waals surface area contributed by atoms with E-state index in [9.17, 15) is 14.7 Å². The van der Waals surface area contributed by atoms with Gasteiger partial charge in [0, 0.05) is 11.3 Å². The van der Waals surface area contributed by atoms with E-state index < -0.39 is 17.7 Å². The highest BCUT2D eigenvalue weighted by Gasteiger charge is 2.48. The number of amides is 1. The predicted molar refractivity (Wildman–Crippen MR) is 112 cm³/mol. The lowest BCUT2D eigenvalue weighted by Crippen LogP contribution is -2.29. The Kier molecular flexibility index (Phi) is 5.29. The number of ketones is 1. The summed E-state index contributed by atoms with van der Waals surface area (Å²) in [6, 6.07) is 17.2. The van der Waals surface area contributed by atoms with Crippen LogP contribution in [-0.4, -0.2) is 23.4 Å². The number of Topliss-reactive ketones (excluding diaryl/α,β-unsaturated/α-hetero) is 1. The first-order valence-corrected chi connectivity index (χ1v) is 9.63. The van der Waals surface area contributed by atoms with Crippen LogP contribution in [0.25, 0.3) is 5.76 Å². The summed E-state index contributed by atoms with van der Waals surface area (Å²) in [5.74, 6) is -0.967. The van der Waals surface area contributed by atoms with Gasteiger partial charge in [-0.3, -0.25) is 14.5 Å². The van der Waals surface area contributed by atoms with Crippen molar-refractivity contribution in [2.75, 3.05) is 11.5 Å². The van der Waals surface area contributed by atoms with Crippen LogP contribution < -0.4 is 9.64 Å². The molecule has 7 heteroatoms. The topological polar surface area (TPSA) is 104 Å². The van der Waals surface area contributed by atoms with Gasteiger partial charge in [-0.15, -0.1) is 0 Å². The molecule has 1 atom stereocenters. The largest absolute Gasteiger partial charge is 0.507 e. The molecule has 0 saturated carbocycles. The van der Waals surface area contributed by atoms with Gasteiger partial charge in [-0.2, -0.15) is 5.26 Å². The third kappa shape index (κ3) is 3.55. The Morgan fingerprint density at radius 3 is 2.42 bits per heavy atom. The minimum absolute atomic E-state index is 0.0755. The van der Waals surface area contributed by atoms with Gasteiger partial charge in [0.1, 0.15) is 23.3 Å². The number of benzene rings is 2. The monoisotopic (exact) mass is 414 g/mol. The Morgan fingerprint density at radius 2 is 1.84 bits per heavy atom. The number of nitrogens with zero attached hydrogens (tertiary/aromatic N) is 2. The summed E-state index contributed by atoms with van der Waals surface area (Å²) >= 11 is 0. The number of aliphatic hydroxyl groups is 1. The van der Waals surface area contributed by atoms with E-state index in [1.165, 1.54) is 11.2 Å². The fraction of sp³-hybridized carbons (Fsp3) is 0.125. The Balaban J connectivity index is 1.84. The second kappa shape index (κ2) is 8.20. The minimum Gasteiger partial charge on any atom is -0.507 e. The van der Waals surface area contributed by atoms with Crippen molar-refractivity contribution in [1.82, 2.24) is 0 Å². The fourth-order valence-electron chi connectivity index (χ4n) is 3.54. The molecule has 31 heavy (non-hydrogen) atoms. The molecule has 0 aliphatic carbocycles. The van der Waals surface area contributed by atoms with E-state index in [2.05, 4.69) is 0 Å². The normalized spacial score (nSPS) is 17.5. The zero-order valence-electron chi connectivity index (χ0n) is 16.6. The van der Waals surface area contributed by atoms with E-state index in [-0.39, 0.29) is 11.3 Å². The first-order chi connectivity index (χ1) is 15.0. The molecule has 1 amide bonds. The van der Waals surface area contributed by atoms with Crippen LogP contribution in [0.1, 0.15) is 29.9 Å². The van der Waals surface area contributed by atoms with E-state index >= 15 is 0 Å². The molecule has 0 spiro atoms. The van der Waals surface area contributed by atoms with Crippen molar-refractivity contribution in [3.8, 4) is 11.8 Å². The van der Waals surface area contributed by atoms with Crippen LogP contribution in [0, 0.1) is 11.3 Å². The Bertz CT molecular complexity index is 1190. The maximum atomic E-state index is 13.0. The number of rotatable bonds is 5. The number of anilines is 1. The lowest BCUT2D eigenvalue weighted by molar-refractivity contribution is -0.132. The van der Waals surface area contributed by atoms with Crippen LogP contribution in [-0.2, 0) is 9.59 Å². The van der Waals surface area contributed by atoms with E-state index in [1.807, 2.05) is 13.0 Å². The molecular formula is C24H18N2O5. The molecule has 2 aromatic carbocycles. The fourth-order valence-corrected chi connectivity index (χ4v) is 3.54. The van der Waals surface area contributed by atoms with E-state index in [4.69, 9.17) is 14.4 Å². The van der Waals surface area contributed by atoms with Gasteiger partial charge < -0.3 is 14.3 Å². The zero-order valence-corrected chi connectivity index (χ0v) is 16.6. The van der Waals surface area contributed by atoms with Crippen molar-refractivity contribution in [3.63, 3.8) is 0 Å². The van der Waals surface area contributed by atoms with Crippen LogP contribution in [0.4, 0.5) is 5.69 Å². The van der Waals surface area contributed by atoms with Gasteiger partial charge >= 0.3 is 0 Å². The summed E-state index contributed by atoms with van der Waals surface area (Å²) in [6.45, 7) is 2.36. The van der Waals surface area contributed by atoms with Crippen LogP contribution in [0.2, 0.25) is 0 Å². The molecule has 1 aliphatic rings. The quantitative estimate of drug-likeness (QED) is 0.382. The van der Waals surface area contributed by atoms with Gasteiger partial charge in [-0.05, 0) is 67.6 Å². The minimum atomic E-state index is -0.950. The third-order valence-corrected chi connectivity index (χ3v) is 4.97. The molecule has 3 aromatic rings. The Hall–Kier alpha value is -4.31. The maximum Gasteiger partial charge on any atom is 0.300 e. The van der Waals surface area contributed by atoms with Crippen molar-refractivity contribution in [2.45, 2.75) is 13.0 Å². The number of nitriles is 1. The Labute approximate surface area is 178 Å². The number of aliphatic hydroxyl groups excluding tert-OH is 1. The molecule has 2 heterocycles. The SMILES string of the molecule is CCOc1ccc(/C(O)=C2/C(=O)C(=O)N(c3ccc(C#N)cc3)C2c2ccco2)cc1. The van der Waals surface area contributed by atoms with Gasteiger partial charge in [-0.25, -0.2) is 0 Å². The maximum absolute atomic E-state index is 13.0. The predicted octanol–water partition coefficient (Wildman–Crippen LogP) is 4.18. The Morgan fingerprint density at radius 1 is 1.13 bits per heavy atom. The number of carbonyl (C=O) groups is 2. The molecule has 154 valence electrons.